The van der Waals surface area contributed by atoms with Gasteiger partial charge in [0.05, 0.1) is 30.7 Å². The average molecular weight is 291 g/mol. The Balaban J connectivity index is 2.29. The SMILES string of the molecule is CC(C)C(CO)Nc1cncc(-c2ccc(O)cc2F)n1. The number of hydrogen-bond acceptors (Lipinski definition) is 5. The van der Waals surface area contributed by atoms with Gasteiger partial charge in [-0.15, -0.1) is 0 Å². The second-order valence-electron chi connectivity index (χ2n) is 5.13. The zero-order valence-corrected chi connectivity index (χ0v) is 11.9. The predicted molar refractivity (Wildman–Crippen MR) is 78.4 cm³/mol. The minimum Gasteiger partial charge on any atom is -0.508 e. The summed E-state index contributed by atoms with van der Waals surface area (Å²) in [5.74, 6) is -0.0266. The number of anilines is 1. The van der Waals surface area contributed by atoms with Crippen LogP contribution in [0.5, 0.6) is 5.75 Å². The van der Waals surface area contributed by atoms with Crippen molar-refractivity contribution in [1.82, 2.24) is 9.97 Å². The molecule has 0 bridgehead atoms. The summed E-state index contributed by atoms with van der Waals surface area (Å²) >= 11 is 0. The van der Waals surface area contributed by atoms with Crippen molar-refractivity contribution >= 4 is 5.82 Å². The molecule has 0 saturated carbocycles. The van der Waals surface area contributed by atoms with E-state index in [0.717, 1.165) is 6.07 Å². The molecule has 6 heteroatoms. The van der Waals surface area contributed by atoms with Gasteiger partial charge in [0.2, 0.25) is 0 Å². The maximum atomic E-state index is 13.8. The van der Waals surface area contributed by atoms with Crippen LogP contribution in [0.15, 0.2) is 30.6 Å². The van der Waals surface area contributed by atoms with E-state index in [0.29, 0.717) is 11.5 Å². The number of benzene rings is 1. The van der Waals surface area contributed by atoms with Crippen molar-refractivity contribution in [3.8, 4) is 17.0 Å². The lowest BCUT2D eigenvalue weighted by atomic mass is 10.1. The largest absolute Gasteiger partial charge is 0.508 e. The van der Waals surface area contributed by atoms with Crippen LogP contribution in [0, 0.1) is 11.7 Å². The second-order valence-corrected chi connectivity index (χ2v) is 5.13. The van der Waals surface area contributed by atoms with Gasteiger partial charge >= 0.3 is 0 Å². The quantitative estimate of drug-likeness (QED) is 0.788. The molecule has 2 aromatic rings. The van der Waals surface area contributed by atoms with Crippen LogP contribution in [-0.4, -0.2) is 32.8 Å². The Morgan fingerprint density at radius 3 is 2.67 bits per heavy atom. The summed E-state index contributed by atoms with van der Waals surface area (Å²) in [5, 5.41) is 21.6. The van der Waals surface area contributed by atoms with Crippen molar-refractivity contribution in [2.45, 2.75) is 19.9 Å². The molecule has 3 N–H and O–H groups in total. The van der Waals surface area contributed by atoms with Gasteiger partial charge in [0.1, 0.15) is 17.4 Å². The topological polar surface area (TPSA) is 78.3 Å². The molecule has 1 heterocycles. The minimum atomic E-state index is -0.566. The highest BCUT2D eigenvalue weighted by molar-refractivity contribution is 5.61. The first kappa shape index (κ1) is 15.2. The van der Waals surface area contributed by atoms with E-state index in [1.54, 1.807) is 0 Å². The molecule has 112 valence electrons. The molecule has 21 heavy (non-hydrogen) atoms. The van der Waals surface area contributed by atoms with E-state index < -0.39 is 5.82 Å². The zero-order chi connectivity index (χ0) is 15.4. The summed E-state index contributed by atoms with van der Waals surface area (Å²) < 4.78 is 13.8. The number of hydrogen-bond donors (Lipinski definition) is 3. The number of nitrogens with zero attached hydrogens (tertiary/aromatic N) is 2. The Morgan fingerprint density at radius 2 is 2.05 bits per heavy atom. The number of halogens is 1. The predicted octanol–water partition coefficient (Wildman–Crippen LogP) is 2.42. The molecule has 0 aliphatic rings. The highest BCUT2D eigenvalue weighted by Gasteiger charge is 2.14. The maximum Gasteiger partial charge on any atom is 0.145 e. The number of rotatable bonds is 5. The van der Waals surface area contributed by atoms with E-state index in [1.165, 1.54) is 24.5 Å². The number of aromatic nitrogens is 2. The molecule has 1 aromatic heterocycles. The lowest BCUT2D eigenvalue weighted by Crippen LogP contribution is -2.29. The fraction of sp³-hybridized carbons (Fsp3) is 0.333. The van der Waals surface area contributed by atoms with Gasteiger partial charge in [-0.05, 0) is 18.1 Å². The molecular weight excluding hydrogens is 273 g/mol. The highest BCUT2D eigenvalue weighted by Crippen LogP contribution is 2.24. The first-order chi connectivity index (χ1) is 10.0. The molecule has 1 unspecified atom stereocenters. The smallest absolute Gasteiger partial charge is 0.145 e. The molecule has 1 aromatic carbocycles. The van der Waals surface area contributed by atoms with Crippen LogP contribution in [0.1, 0.15) is 13.8 Å². The Labute approximate surface area is 122 Å². The van der Waals surface area contributed by atoms with Gasteiger partial charge in [-0.25, -0.2) is 9.37 Å². The number of phenols is 1. The fourth-order valence-corrected chi connectivity index (χ4v) is 1.89. The zero-order valence-electron chi connectivity index (χ0n) is 11.9. The summed E-state index contributed by atoms with van der Waals surface area (Å²) in [6, 6.07) is 3.72. The summed E-state index contributed by atoms with van der Waals surface area (Å²) in [5.41, 5.74) is 0.618. The number of phenolic OH excluding ortho intramolecular Hbond substituents is 1. The molecule has 0 amide bonds. The fourth-order valence-electron chi connectivity index (χ4n) is 1.89. The first-order valence-electron chi connectivity index (χ1n) is 6.69. The van der Waals surface area contributed by atoms with E-state index >= 15 is 0 Å². The molecule has 0 radical (unpaired) electrons. The van der Waals surface area contributed by atoms with Gasteiger partial charge in [-0.1, -0.05) is 13.8 Å². The Hall–Kier alpha value is -2.21. The third kappa shape index (κ3) is 3.66. The Morgan fingerprint density at radius 1 is 1.29 bits per heavy atom. The van der Waals surface area contributed by atoms with Crippen molar-refractivity contribution in [3.05, 3.63) is 36.4 Å². The van der Waals surface area contributed by atoms with Gasteiger partial charge in [-0.3, -0.25) is 4.98 Å². The van der Waals surface area contributed by atoms with E-state index in [9.17, 15) is 14.6 Å². The molecule has 0 fully saturated rings. The van der Waals surface area contributed by atoms with Crippen LogP contribution in [0.25, 0.3) is 11.3 Å². The number of aromatic hydroxyl groups is 1. The summed E-state index contributed by atoms with van der Waals surface area (Å²) in [6.07, 6.45) is 2.97. The van der Waals surface area contributed by atoms with Crippen LogP contribution >= 0.6 is 0 Å². The molecule has 0 saturated heterocycles. The number of nitrogens with one attached hydrogen (secondary N) is 1. The highest BCUT2D eigenvalue weighted by atomic mass is 19.1. The molecule has 0 spiro atoms. The standard InChI is InChI=1S/C15H18FN3O2/c1-9(2)14(8-20)19-15-7-17-6-13(18-15)11-4-3-10(21)5-12(11)16/h3-7,9,14,20-21H,8H2,1-2H3,(H,18,19). The average Bonchev–Trinajstić information content (AvgIpc) is 2.44. The minimum absolute atomic E-state index is 0.0306. The van der Waals surface area contributed by atoms with Crippen molar-refractivity contribution in [1.29, 1.82) is 0 Å². The lowest BCUT2D eigenvalue weighted by molar-refractivity contribution is 0.249. The first-order valence-corrected chi connectivity index (χ1v) is 6.69. The normalized spacial score (nSPS) is 12.4. The number of aliphatic hydroxyl groups excluding tert-OH is 1. The van der Waals surface area contributed by atoms with Crippen molar-refractivity contribution < 1.29 is 14.6 Å². The van der Waals surface area contributed by atoms with Crippen molar-refractivity contribution in [2.75, 3.05) is 11.9 Å². The van der Waals surface area contributed by atoms with Gasteiger partial charge in [-0.2, -0.15) is 0 Å². The van der Waals surface area contributed by atoms with Crippen LogP contribution < -0.4 is 5.32 Å². The molecule has 2 rings (SSSR count). The number of aliphatic hydroxyl groups is 1. The summed E-state index contributed by atoms with van der Waals surface area (Å²) in [4.78, 5) is 8.33. The molecule has 1 atom stereocenters. The Bertz CT molecular complexity index is 620. The molecule has 0 aliphatic carbocycles. The van der Waals surface area contributed by atoms with Gasteiger partial charge < -0.3 is 15.5 Å². The van der Waals surface area contributed by atoms with Gasteiger partial charge in [0.25, 0.3) is 0 Å². The lowest BCUT2D eigenvalue weighted by Gasteiger charge is -2.20. The van der Waals surface area contributed by atoms with Crippen LogP contribution in [0.3, 0.4) is 0 Å². The Kier molecular flexibility index (Phi) is 4.70. The van der Waals surface area contributed by atoms with E-state index in [1.807, 2.05) is 13.8 Å². The third-order valence-electron chi connectivity index (χ3n) is 3.20. The second kappa shape index (κ2) is 6.49. The van der Waals surface area contributed by atoms with Gasteiger partial charge in [0, 0.05) is 11.6 Å². The van der Waals surface area contributed by atoms with Crippen molar-refractivity contribution in [3.63, 3.8) is 0 Å². The van der Waals surface area contributed by atoms with Gasteiger partial charge in [0.15, 0.2) is 0 Å². The van der Waals surface area contributed by atoms with Crippen LogP contribution in [0.4, 0.5) is 10.2 Å². The van der Waals surface area contributed by atoms with E-state index in [4.69, 9.17) is 0 Å². The molecule has 0 aliphatic heterocycles. The molecule has 5 nitrogen and oxygen atoms in total. The summed E-state index contributed by atoms with van der Waals surface area (Å²) in [7, 11) is 0. The third-order valence-corrected chi connectivity index (χ3v) is 3.20. The monoisotopic (exact) mass is 291 g/mol. The molecular formula is C15H18FN3O2. The summed E-state index contributed by atoms with van der Waals surface area (Å²) in [6.45, 7) is 3.92. The van der Waals surface area contributed by atoms with Crippen LogP contribution in [0.2, 0.25) is 0 Å². The maximum absolute atomic E-state index is 13.8. The van der Waals surface area contributed by atoms with E-state index in [2.05, 4.69) is 15.3 Å². The van der Waals surface area contributed by atoms with Crippen molar-refractivity contribution in [2.24, 2.45) is 5.92 Å². The van der Waals surface area contributed by atoms with E-state index in [-0.39, 0.29) is 29.9 Å². The van der Waals surface area contributed by atoms with Crippen LogP contribution in [-0.2, 0) is 0 Å².